The van der Waals surface area contributed by atoms with E-state index < -0.39 is 0 Å². The molecule has 0 radical (unpaired) electrons. The molecule has 0 saturated carbocycles. The van der Waals surface area contributed by atoms with E-state index in [1.807, 2.05) is 60.5 Å². The highest BCUT2D eigenvalue weighted by molar-refractivity contribution is 7.12. The summed E-state index contributed by atoms with van der Waals surface area (Å²) < 4.78 is 12.6. The third kappa shape index (κ3) is 5.56. The van der Waals surface area contributed by atoms with Gasteiger partial charge in [0, 0.05) is 56.6 Å². The van der Waals surface area contributed by atoms with Crippen LogP contribution >= 0.6 is 11.3 Å². The minimum atomic E-state index is 0.509. The summed E-state index contributed by atoms with van der Waals surface area (Å²) in [5.74, 6) is 0.798. The number of nitrogens with one attached hydrogen (secondary N) is 2. The van der Waals surface area contributed by atoms with Crippen molar-refractivity contribution in [1.29, 1.82) is 0 Å². The lowest BCUT2D eigenvalue weighted by Gasteiger charge is -2.31. The van der Waals surface area contributed by atoms with Crippen molar-refractivity contribution >= 4 is 28.4 Å². The second kappa shape index (κ2) is 11.3. The van der Waals surface area contributed by atoms with Gasteiger partial charge in [-0.05, 0) is 23.8 Å². The Bertz CT molecular complexity index is 1310. The summed E-state index contributed by atoms with van der Waals surface area (Å²) in [7, 11) is 1.66. The first-order valence-electron chi connectivity index (χ1n) is 11.8. The number of benzene rings is 1. The fourth-order valence-electron chi connectivity index (χ4n) is 3.98. The number of rotatable bonds is 10. The Labute approximate surface area is 214 Å². The van der Waals surface area contributed by atoms with Gasteiger partial charge in [0.25, 0.3) is 0 Å². The maximum atomic E-state index is 5.74. The number of aromatic nitrogens is 4. The summed E-state index contributed by atoms with van der Waals surface area (Å²) >= 11 is 1.51. The van der Waals surface area contributed by atoms with Crippen LogP contribution in [0.3, 0.4) is 0 Å². The van der Waals surface area contributed by atoms with Gasteiger partial charge in [0.1, 0.15) is 12.4 Å². The molecule has 5 rings (SSSR count). The Kier molecular flexibility index (Phi) is 7.55. The van der Waals surface area contributed by atoms with E-state index in [9.17, 15) is 0 Å². The summed E-state index contributed by atoms with van der Waals surface area (Å²) in [4.78, 5) is 11.4. The van der Waals surface area contributed by atoms with Crippen molar-refractivity contribution in [3.8, 4) is 22.0 Å². The molecule has 1 aliphatic rings. The van der Waals surface area contributed by atoms with E-state index in [0.717, 1.165) is 71.0 Å². The average molecular weight is 504 g/mol. The topological polar surface area (TPSA) is 89.4 Å². The van der Waals surface area contributed by atoms with Crippen LogP contribution in [0, 0.1) is 0 Å². The molecule has 0 bridgehead atoms. The van der Waals surface area contributed by atoms with Gasteiger partial charge in [-0.3, -0.25) is 4.98 Å². The predicted octanol–water partition coefficient (Wildman–Crippen LogP) is 3.91. The number of anilines is 2. The van der Waals surface area contributed by atoms with E-state index in [4.69, 9.17) is 14.5 Å². The van der Waals surface area contributed by atoms with Crippen molar-refractivity contribution < 1.29 is 9.47 Å². The zero-order valence-electron chi connectivity index (χ0n) is 20.2. The van der Waals surface area contributed by atoms with Crippen LogP contribution in [0.1, 0.15) is 5.69 Å². The zero-order valence-corrected chi connectivity index (χ0v) is 21.0. The average Bonchev–Trinajstić information content (AvgIpc) is 3.60. The van der Waals surface area contributed by atoms with E-state index in [1.165, 1.54) is 11.3 Å². The number of nitrogens with zero attached hydrogens (tertiary/aromatic N) is 5. The number of pyridine rings is 1. The predicted molar refractivity (Wildman–Crippen MR) is 144 cm³/mol. The molecular weight excluding hydrogens is 474 g/mol. The molecule has 1 saturated heterocycles. The number of piperazine rings is 1. The Hall–Kier alpha value is -3.73. The SMILES string of the molecule is C=C(Nc1cnccc1N1CCNCC1)c1csc(-n2cc(-c3cccc(OCCOC)c3)cn2)n1. The Morgan fingerprint density at radius 1 is 1.17 bits per heavy atom. The highest BCUT2D eigenvalue weighted by Gasteiger charge is 2.16. The highest BCUT2D eigenvalue weighted by Crippen LogP contribution is 2.29. The van der Waals surface area contributed by atoms with Gasteiger partial charge in [0.05, 0.1) is 41.8 Å². The lowest BCUT2D eigenvalue weighted by Crippen LogP contribution is -2.43. The summed E-state index contributed by atoms with van der Waals surface area (Å²) in [5, 5.41) is 14.1. The van der Waals surface area contributed by atoms with Crippen molar-refractivity contribution in [2.45, 2.75) is 0 Å². The van der Waals surface area contributed by atoms with E-state index in [2.05, 4.69) is 32.2 Å². The molecule has 0 amide bonds. The minimum absolute atomic E-state index is 0.509. The van der Waals surface area contributed by atoms with Crippen molar-refractivity contribution in [3.63, 3.8) is 0 Å². The van der Waals surface area contributed by atoms with E-state index in [-0.39, 0.29) is 0 Å². The molecule has 10 heteroatoms. The maximum Gasteiger partial charge on any atom is 0.210 e. The number of hydrogen-bond acceptors (Lipinski definition) is 9. The van der Waals surface area contributed by atoms with Gasteiger partial charge in [-0.15, -0.1) is 11.3 Å². The summed E-state index contributed by atoms with van der Waals surface area (Å²) in [5.41, 5.74) is 5.54. The second-order valence-corrected chi connectivity index (χ2v) is 9.13. The van der Waals surface area contributed by atoms with Crippen LogP contribution in [0.25, 0.3) is 22.0 Å². The summed E-state index contributed by atoms with van der Waals surface area (Å²) in [6, 6.07) is 9.98. The molecule has 0 atom stereocenters. The largest absolute Gasteiger partial charge is 0.491 e. The van der Waals surface area contributed by atoms with Crippen molar-refractivity contribution in [2.75, 3.05) is 56.7 Å². The third-order valence-electron chi connectivity index (χ3n) is 5.84. The van der Waals surface area contributed by atoms with Crippen molar-refractivity contribution in [2.24, 2.45) is 0 Å². The molecule has 1 aromatic carbocycles. The number of thiazole rings is 1. The number of ether oxygens (including phenoxy) is 2. The van der Waals surface area contributed by atoms with Crippen molar-refractivity contribution in [3.05, 3.63) is 72.8 Å². The van der Waals surface area contributed by atoms with Gasteiger partial charge < -0.3 is 25.0 Å². The molecule has 3 aromatic heterocycles. The minimum Gasteiger partial charge on any atom is -0.491 e. The lowest BCUT2D eigenvalue weighted by atomic mass is 10.1. The first-order valence-corrected chi connectivity index (χ1v) is 12.7. The standard InChI is InChI=1S/C26H29N7O2S/c1-19(30-23-16-28-7-6-25(23)32-10-8-27-9-11-32)24-18-36-26(31-24)33-17-21(15-29-33)20-4-3-5-22(14-20)35-13-12-34-2/h3-7,14-18,27,30H,1,8-13H2,2H3. The van der Waals surface area contributed by atoms with Gasteiger partial charge >= 0.3 is 0 Å². The Balaban J connectivity index is 1.28. The van der Waals surface area contributed by atoms with E-state index in [0.29, 0.717) is 13.2 Å². The second-order valence-electron chi connectivity index (χ2n) is 8.29. The molecule has 0 spiro atoms. The lowest BCUT2D eigenvalue weighted by molar-refractivity contribution is 0.146. The monoisotopic (exact) mass is 503 g/mol. The van der Waals surface area contributed by atoms with Gasteiger partial charge in [-0.25, -0.2) is 9.67 Å². The molecule has 1 aliphatic heterocycles. The van der Waals surface area contributed by atoms with E-state index in [1.54, 1.807) is 11.8 Å². The third-order valence-corrected chi connectivity index (χ3v) is 6.67. The van der Waals surface area contributed by atoms with Gasteiger partial charge in [-0.1, -0.05) is 18.7 Å². The first kappa shape index (κ1) is 24.0. The molecule has 0 unspecified atom stereocenters. The molecular formula is C26H29N7O2S. The van der Waals surface area contributed by atoms with Crippen LogP contribution in [0.4, 0.5) is 11.4 Å². The van der Waals surface area contributed by atoms with Gasteiger partial charge in [0.15, 0.2) is 0 Å². The fourth-order valence-corrected chi connectivity index (χ4v) is 4.76. The zero-order chi connectivity index (χ0) is 24.7. The molecule has 36 heavy (non-hydrogen) atoms. The fraction of sp³-hybridized carbons (Fsp3) is 0.269. The van der Waals surface area contributed by atoms with Crippen LogP contribution in [0.5, 0.6) is 5.75 Å². The van der Waals surface area contributed by atoms with Crippen LogP contribution in [0.15, 0.2) is 67.1 Å². The first-order chi connectivity index (χ1) is 17.7. The highest BCUT2D eigenvalue weighted by atomic mass is 32.1. The Morgan fingerprint density at radius 3 is 2.92 bits per heavy atom. The smallest absolute Gasteiger partial charge is 0.210 e. The van der Waals surface area contributed by atoms with Gasteiger partial charge in [-0.2, -0.15) is 5.10 Å². The molecule has 2 N–H and O–H groups in total. The summed E-state index contributed by atoms with van der Waals surface area (Å²) in [6.45, 7) is 9.13. The molecule has 4 aromatic rings. The quantitative estimate of drug-likeness (QED) is 0.315. The van der Waals surface area contributed by atoms with Crippen LogP contribution in [-0.2, 0) is 4.74 Å². The summed E-state index contributed by atoms with van der Waals surface area (Å²) in [6.07, 6.45) is 7.46. The van der Waals surface area contributed by atoms with Crippen LogP contribution in [0.2, 0.25) is 0 Å². The maximum absolute atomic E-state index is 5.74. The van der Waals surface area contributed by atoms with Crippen LogP contribution < -0.4 is 20.3 Å². The molecule has 4 heterocycles. The van der Waals surface area contributed by atoms with Crippen LogP contribution in [-0.4, -0.2) is 66.3 Å². The molecule has 186 valence electrons. The normalized spacial score (nSPS) is 13.5. The molecule has 1 fully saturated rings. The molecule has 9 nitrogen and oxygen atoms in total. The Morgan fingerprint density at radius 2 is 2.06 bits per heavy atom. The molecule has 0 aliphatic carbocycles. The number of hydrogen-bond donors (Lipinski definition) is 2. The number of methoxy groups -OCH3 is 1. The van der Waals surface area contributed by atoms with Crippen molar-refractivity contribution in [1.82, 2.24) is 25.1 Å². The van der Waals surface area contributed by atoms with E-state index >= 15 is 0 Å². The van der Waals surface area contributed by atoms with Gasteiger partial charge in [0.2, 0.25) is 5.13 Å².